The molecule has 1 aliphatic heterocycles. The maximum absolute atomic E-state index is 6.12. The summed E-state index contributed by atoms with van der Waals surface area (Å²) in [6, 6.07) is 11.3. The Balaban J connectivity index is 2.00. The van der Waals surface area contributed by atoms with Crippen molar-refractivity contribution in [3.63, 3.8) is 0 Å². The zero-order chi connectivity index (χ0) is 13.4. The van der Waals surface area contributed by atoms with Gasteiger partial charge in [0.15, 0.2) is 0 Å². The molecule has 2 atom stereocenters. The van der Waals surface area contributed by atoms with Crippen LogP contribution in [0.2, 0.25) is 0 Å². The van der Waals surface area contributed by atoms with Gasteiger partial charge >= 0.3 is 0 Å². The van der Waals surface area contributed by atoms with Gasteiger partial charge in [0, 0.05) is 23.2 Å². The van der Waals surface area contributed by atoms with Crippen molar-refractivity contribution in [3.8, 4) is 0 Å². The highest BCUT2D eigenvalue weighted by molar-refractivity contribution is 7.10. The Morgan fingerprint density at radius 1 is 1.32 bits per heavy atom. The summed E-state index contributed by atoms with van der Waals surface area (Å²) in [5.74, 6) is 0. The van der Waals surface area contributed by atoms with E-state index in [9.17, 15) is 0 Å². The fourth-order valence-corrected chi connectivity index (χ4v) is 3.94. The number of benzene rings is 1. The number of fused-ring (bicyclic) bond motifs is 1. The number of hydrogen-bond donors (Lipinski definition) is 1. The van der Waals surface area contributed by atoms with Crippen LogP contribution in [0.5, 0.6) is 0 Å². The van der Waals surface area contributed by atoms with Gasteiger partial charge in [0.05, 0.1) is 6.04 Å². The summed E-state index contributed by atoms with van der Waals surface area (Å²) in [5, 5.41) is 2.21. The van der Waals surface area contributed by atoms with Crippen LogP contribution in [0.15, 0.2) is 35.7 Å². The van der Waals surface area contributed by atoms with Crippen molar-refractivity contribution in [3.05, 3.63) is 51.7 Å². The SMILES string of the molecule is CC1c2ccsc2CCN1c1ccccc1[C@@H](C)N. The van der Waals surface area contributed by atoms with E-state index < -0.39 is 0 Å². The fraction of sp³-hybridized carbons (Fsp3) is 0.375. The van der Waals surface area contributed by atoms with E-state index in [1.165, 1.54) is 16.8 Å². The Kier molecular flexibility index (Phi) is 3.33. The summed E-state index contributed by atoms with van der Waals surface area (Å²) in [5.41, 5.74) is 10.1. The maximum atomic E-state index is 6.12. The predicted octanol–water partition coefficient (Wildman–Crippen LogP) is 3.89. The molecule has 0 radical (unpaired) electrons. The average molecular weight is 272 g/mol. The molecule has 1 aromatic carbocycles. The van der Waals surface area contributed by atoms with Crippen LogP contribution in [0.4, 0.5) is 5.69 Å². The molecule has 3 heteroatoms. The largest absolute Gasteiger partial charge is 0.364 e. The summed E-state index contributed by atoms with van der Waals surface area (Å²) >= 11 is 1.89. The molecule has 100 valence electrons. The van der Waals surface area contributed by atoms with Crippen molar-refractivity contribution in [2.24, 2.45) is 5.73 Å². The molecule has 0 amide bonds. The van der Waals surface area contributed by atoms with E-state index in [0.717, 1.165) is 13.0 Å². The summed E-state index contributed by atoms with van der Waals surface area (Å²) in [4.78, 5) is 4.04. The van der Waals surface area contributed by atoms with Crippen LogP contribution in [0.1, 0.15) is 41.9 Å². The number of nitrogens with zero attached hydrogens (tertiary/aromatic N) is 1. The monoisotopic (exact) mass is 272 g/mol. The minimum absolute atomic E-state index is 0.0762. The molecule has 19 heavy (non-hydrogen) atoms. The molecule has 0 bridgehead atoms. The Labute approximate surface area is 118 Å². The van der Waals surface area contributed by atoms with Crippen molar-refractivity contribution >= 4 is 17.0 Å². The average Bonchev–Trinajstić information content (AvgIpc) is 2.88. The van der Waals surface area contributed by atoms with Crippen molar-refractivity contribution in [2.75, 3.05) is 11.4 Å². The van der Waals surface area contributed by atoms with E-state index in [4.69, 9.17) is 5.73 Å². The summed E-state index contributed by atoms with van der Waals surface area (Å²) in [7, 11) is 0. The Hall–Kier alpha value is -1.32. The van der Waals surface area contributed by atoms with Gasteiger partial charge in [0.25, 0.3) is 0 Å². The highest BCUT2D eigenvalue weighted by Gasteiger charge is 2.26. The first-order valence-corrected chi connectivity index (χ1v) is 7.74. The molecular formula is C16H20N2S. The number of thiophene rings is 1. The van der Waals surface area contributed by atoms with Gasteiger partial charge in [0.2, 0.25) is 0 Å². The molecule has 2 aromatic rings. The van der Waals surface area contributed by atoms with E-state index in [2.05, 4.69) is 54.5 Å². The first kappa shape index (κ1) is 12.7. The molecule has 2 N–H and O–H groups in total. The predicted molar refractivity (Wildman–Crippen MR) is 82.8 cm³/mol. The van der Waals surface area contributed by atoms with Crippen LogP contribution in [-0.4, -0.2) is 6.54 Å². The summed E-state index contributed by atoms with van der Waals surface area (Å²) in [6.07, 6.45) is 1.14. The number of anilines is 1. The van der Waals surface area contributed by atoms with Gasteiger partial charge in [-0.2, -0.15) is 0 Å². The fourth-order valence-electron chi connectivity index (χ4n) is 2.97. The molecule has 1 aromatic heterocycles. The molecule has 2 nitrogen and oxygen atoms in total. The van der Waals surface area contributed by atoms with Gasteiger partial charge in [-0.25, -0.2) is 0 Å². The molecule has 2 heterocycles. The van der Waals surface area contributed by atoms with Gasteiger partial charge in [-0.1, -0.05) is 18.2 Å². The molecule has 1 aliphatic rings. The van der Waals surface area contributed by atoms with E-state index in [1.807, 2.05) is 11.3 Å². The molecular weight excluding hydrogens is 252 g/mol. The smallest absolute Gasteiger partial charge is 0.0525 e. The summed E-state index contributed by atoms with van der Waals surface area (Å²) < 4.78 is 0. The van der Waals surface area contributed by atoms with Gasteiger partial charge in [-0.05, 0) is 48.9 Å². The van der Waals surface area contributed by atoms with Crippen molar-refractivity contribution < 1.29 is 0 Å². The Morgan fingerprint density at radius 3 is 2.89 bits per heavy atom. The van der Waals surface area contributed by atoms with E-state index >= 15 is 0 Å². The minimum Gasteiger partial charge on any atom is -0.364 e. The Bertz CT molecular complexity index is 574. The molecule has 0 fully saturated rings. The lowest BCUT2D eigenvalue weighted by Gasteiger charge is -2.37. The van der Waals surface area contributed by atoms with Crippen LogP contribution >= 0.6 is 11.3 Å². The van der Waals surface area contributed by atoms with Crippen LogP contribution in [0.3, 0.4) is 0 Å². The van der Waals surface area contributed by atoms with Crippen LogP contribution in [0.25, 0.3) is 0 Å². The highest BCUT2D eigenvalue weighted by Crippen LogP contribution is 2.38. The number of hydrogen-bond acceptors (Lipinski definition) is 3. The molecule has 0 saturated heterocycles. The normalized spacial score (nSPS) is 20.2. The minimum atomic E-state index is 0.0762. The topological polar surface area (TPSA) is 29.3 Å². The van der Waals surface area contributed by atoms with Crippen molar-refractivity contribution in [1.82, 2.24) is 0 Å². The van der Waals surface area contributed by atoms with Crippen LogP contribution in [-0.2, 0) is 6.42 Å². The van der Waals surface area contributed by atoms with Gasteiger partial charge in [0.1, 0.15) is 0 Å². The van der Waals surface area contributed by atoms with E-state index in [-0.39, 0.29) is 6.04 Å². The van der Waals surface area contributed by atoms with Crippen LogP contribution < -0.4 is 10.6 Å². The number of rotatable bonds is 2. The first-order chi connectivity index (χ1) is 9.18. The lowest BCUT2D eigenvalue weighted by Crippen LogP contribution is -2.34. The molecule has 0 spiro atoms. The van der Waals surface area contributed by atoms with Gasteiger partial charge in [-0.3, -0.25) is 0 Å². The second kappa shape index (κ2) is 4.99. The third-order valence-electron chi connectivity index (χ3n) is 4.01. The van der Waals surface area contributed by atoms with Gasteiger partial charge < -0.3 is 10.6 Å². The number of para-hydroxylation sites is 1. The van der Waals surface area contributed by atoms with Crippen LogP contribution in [0, 0.1) is 0 Å². The first-order valence-electron chi connectivity index (χ1n) is 6.86. The molecule has 3 rings (SSSR count). The molecule has 1 unspecified atom stereocenters. The third kappa shape index (κ3) is 2.17. The quantitative estimate of drug-likeness (QED) is 0.898. The number of nitrogens with two attached hydrogens (primary N) is 1. The lowest BCUT2D eigenvalue weighted by atomic mass is 9.98. The zero-order valence-corrected chi connectivity index (χ0v) is 12.3. The third-order valence-corrected chi connectivity index (χ3v) is 5.01. The maximum Gasteiger partial charge on any atom is 0.0525 e. The zero-order valence-electron chi connectivity index (χ0n) is 11.5. The highest BCUT2D eigenvalue weighted by atomic mass is 32.1. The second-order valence-corrected chi connectivity index (χ2v) is 6.27. The molecule has 0 saturated carbocycles. The lowest BCUT2D eigenvalue weighted by molar-refractivity contribution is 0.626. The Morgan fingerprint density at radius 2 is 2.11 bits per heavy atom. The van der Waals surface area contributed by atoms with Crippen molar-refractivity contribution in [1.29, 1.82) is 0 Å². The van der Waals surface area contributed by atoms with E-state index in [0.29, 0.717) is 6.04 Å². The second-order valence-electron chi connectivity index (χ2n) is 5.27. The summed E-state index contributed by atoms with van der Waals surface area (Å²) in [6.45, 7) is 5.44. The van der Waals surface area contributed by atoms with Gasteiger partial charge in [-0.15, -0.1) is 11.3 Å². The van der Waals surface area contributed by atoms with Crippen molar-refractivity contribution in [2.45, 2.75) is 32.4 Å². The standard InChI is InChI=1S/C16H20N2S/c1-11(17)13-5-3-4-6-15(13)18-9-7-16-14(12(18)2)8-10-19-16/h3-6,8,10-12H,7,9,17H2,1-2H3/t11-,12?/m1/s1. The van der Waals surface area contributed by atoms with E-state index in [1.54, 1.807) is 4.88 Å². The molecule has 0 aliphatic carbocycles.